The number of ether oxygens (including phenoxy) is 3. The first kappa shape index (κ1) is 24.1. The molecule has 0 aliphatic carbocycles. The second-order valence-corrected chi connectivity index (χ2v) is 7.25. The van der Waals surface area contributed by atoms with Crippen molar-refractivity contribution < 1.29 is 44.5 Å². The first-order chi connectivity index (χ1) is 14.3. The molecule has 1 saturated heterocycles. The van der Waals surface area contributed by atoms with E-state index >= 15 is 0 Å². The van der Waals surface area contributed by atoms with Crippen molar-refractivity contribution in [1.29, 1.82) is 0 Å². The van der Waals surface area contributed by atoms with Gasteiger partial charge in [0.1, 0.15) is 18.3 Å². The summed E-state index contributed by atoms with van der Waals surface area (Å²) in [6.07, 6.45) is -3.49. The minimum Gasteiger partial charge on any atom is -0.504 e. The van der Waals surface area contributed by atoms with Crippen LogP contribution in [-0.2, 0) is 25.4 Å². The van der Waals surface area contributed by atoms with Crippen molar-refractivity contribution in [2.75, 3.05) is 13.2 Å². The number of aliphatic hydroxyl groups is 3. The van der Waals surface area contributed by atoms with E-state index in [1.165, 1.54) is 18.2 Å². The molecule has 0 amide bonds. The van der Waals surface area contributed by atoms with Crippen LogP contribution in [0.15, 0.2) is 29.8 Å². The lowest BCUT2D eigenvalue weighted by Gasteiger charge is -2.41. The van der Waals surface area contributed by atoms with Gasteiger partial charge in [-0.05, 0) is 43.9 Å². The summed E-state index contributed by atoms with van der Waals surface area (Å²) in [6, 6.07) is 4.50. The minimum absolute atomic E-state index is 0.160. The molecule has 5 atom stereocenters. The van der Waals surface area contributed by atoms with Gasteiger partial charge in [-0.2, -0.15) is 0 Å². The van der Waals surface area contributed by atoms with Crippen LogP contribution in [0.3, 0.4) is 0 Å². The monoisotopic (exact) mass is 426 g/mol. The highest BCUT2D eigenvalue weighted by molar-refractivity contribution is 5.82. The van der Waals surface area contributed by atoms with Crippen molar-refractivity contribution in [3.63, 3.8) is 0 Å². The third kappa shape index (κ3) is 6.41. The summed E-state index contributed by atoms with van der Waals surface area (Å²) in [7, 11) is 0. The van der Waals surface area contributed by atoms with Gasteiger partial charge in [0.05, 0.1) is 13.2 Å². The summed E-state index contributed by atoms with van der Waals surface area (Å²) < 4.78 is 16.2. The van der Waals surface area contributed by atoms with Crippen LogP contribution < -0.4 is 0 Å². The number of hydrogen-bond donors (Lipinski definition) is 5. The largest absolute Gasteiger partial charge is 0.504 e. The molecule has 0 saturated carbocycles. The Morgan fingerprint density at radius 1 is 1.20 bits per heavy atom. The first-order valence-electron chi connectivity index (χ1n) is 9.89. The predicted octanol–water partition coefficient (Wildman–Crippen LogP) is 0.754. The second-order valence-electron chi connectivity index (χ2n) is 7.25. The zero-order valence-electron chi connectivity index (χ0n) is 17.1. The standard InChI is InChI=1S/C21H30O9/c1-3-12(2)9-17(25)30-20-18(26)16(11-22)29-21(19(20)27)28-8-4-5-13-6-7-14(23)15(24)10-13/h6-7,9-10,16,18-24,26-27H,3-5,8,11H2,1-2H3/t16-,18-,19-,20+,21-/m1/s1. The molecule has 0 aromatic heterocycles. The maximum atomic E-state index is 12.0. The molecule has 1 aliphatic heterocycles. The van der Waals surface area contributed by atoms with Gasteiger partial charge in [0.2, 0.25) is 0 Å². The van der Waals surface area contributed by atoms with E-state index in [4.69, 9.17) is 14.2 Å². The Hall–Kier alpha value is -2.17. The van der Waals surface area contributed by atoms with Crippen molar-refractivity contribution in [3.05, 3.63) is 35.4 Å². The van der Waals surface area contributed by atoms with E-state index in [2.05, 4.69) is 0 Å². The molecule has 1 aliphatic rings. The first-order valence-corrected chi connectivity index (χ1v) is 9.89. The molecule has 30 heavy (non-hydrogen) atoms. The van der Waals surface area contributed by atoms with Crippen LogP contribution in [0.25, 0.3) is 0 Å². The van der Waals surface area contributed by atoms with E-state index in [0.717, 1.165) is 11.1 Å². The number of rotatable bonds is 9. The van der Waals surface area contributed by atoms with E-state index in [1.807, 2.05) is 6.92 Å². The van der Waals surface area contributed by atoms with Crippen LogP contribution in [0.4, 0.5) is 0 Å². The smallest absolute Gasteiger partial charge is 0.331 e. The van der Waals surface area contributed by atoms with Gasteiger partial charge >= 0.3 is 5.97 Å². The highest BCUT2D eigenvalue weighted by atomic mass is 16.7. The molecule has 5 N–H and O–H groups in total. The molecule has 0 unspecified atom stereocenters. The fourth-order valence-electron chi connectivity index (χ4n) is 3.00. The molecule has 0 bridgehead atoms. The number of carbonyl (C=O) groups excluding carboxylic acids is 1. The maximum Gasteiger partial charge on any atom is 0.331 e. The van der Waals surface area contributed by atoms with Crippen molar-refractivity contribution in [1.82, 2.24) is 0 Å². The number of aliphatic hydroxyl groups excluding tert-OH is 3. The summed E-state index contributed by atoms with van der Waals surface area (Å²) in [4.78, 5) is 12.0. The highest BCUT2D eigenvalue weighted by Gasteiger charge is 2.47. The quantitative estimate of drug-likeness (QED) is 0.167. The number of aryl methyl sites for hydroxylation is 1. The van der Waals surface area contributed by atoms with Crippen molar-refractivity contribution in [3.8, 4) is 11.5 Å². The summed E-state index contributed by atoms with van der Waals surface area (Å²) >= 11 is 0. The molecule has 0 radical (unpaired) electrons. The Bertz CT molecular complexity index is 733. The molecule has 2 rings (SSSR count). The number of phenols is 2. The molecule has 1 fully saturated rings. The summed E-state index contributed by atoms with van der Waals surface area (Å²) in [5.41, 5.74) is 1.57. The highest BCUT2D eigenvalue weighted by Crippen LogP contribution is 2.27. The molecule has 1 heterocycles. The lowest BCUT2D eigenvalue weighted by molar-refractivity contribution is -0.302. The fourth-order valence-corrected chi connectivity index (χ4v) is 3.00. The van der Waals surface area contributed by atoms with Gasteiger partial charge in [-0.25, -0.2) is 4.79 Å². The van der Waals surface area contributed by atoms with Crippen molar-refractivity contribution in [2.24, 2.45) is 0 Å². The topological polar surface area (TPSA) is 146 Å². The van der Waals surface area contributed by atoms with E-state index in [1.54, 1.807) is 13.0 Å². The number of carbonyl (C=O) groups is 1. The van der Waals surface area contributed by atoms with E-state index in [0.29, 0.717) is 19.3 Å². The number of phenolic OH excluding ortho intramolecular Hbond substituents is 2. The van der Waals surface area contributed by atoms with Crippen molar-refractivity contribution in [2.45, 2.75) is 63.8 Å². The molecule has 9 heteroatoms. The minimum atomic E-state index is -1.44. The van der Waals surface area contributed by atoms with Crippen LogP contribution in [0, 0.1) is 0 Å². The fraction of sp³-hybridized carbons (Fsp3) is 0.571. The molecular formula is C21H30O9. The Morgan fingerprint density at radius 2 is 1.93 bits per heavy atom. The third-order valence-corrected chi connectivity index (χ3v) is 4.93. The van der Waals surface area contributed by atoms with Crippen LogP contribution in [-0.4, -0.2) is 75.4 Å². The zero-order valence-corrected chi connectivity index (χ0v) is 17.1. The molecule has 1 aromatic rings. The molecule has 1 aromatic carbocycles. The maximum absolute atomic E-state index is 12.0. The SMILES string of the molecule is CCC(C)=CC(=O)O[C@@H]1[C@@H](O)[C@H](OCCCc2ccc(O)c(O)c2)O[C@H](CO)[C@H]1O. The van der Waals surface area contributed by atoms with E-state index in [-0.39, 0.29) is 18.1 Å². The number of benzene rings is 1. The number of esters is 1. The molecule has 168 valence electrons. The number of allylic oxidation sites excluding steroid dienone is 1. The average molecular weight is 426 g/mol. The zero-order chi connectivity index (χ0) is 22.3. The predicted molar refractivity (Wildman–Crippen MR) is 106 cm³/mol. The normalized spacial score (nSPS) is 27.1. The van der Waals surface area contributed by atoms with Gasteiger partial charge in [0.15, 0.2) is 23.9 Å². The van der Waals surface area contributed by atoms with Gasteiger partial charge in [0.25, 0.3) is 0 Å². The molecule has 9 nitrogen and oxygen atoms in total. The molecule has 0 spiro atoms. The summed E-state index contributed by atoms with van der Waals surface area (Å²) in [5, 5.41) is 49.1. The second kappa shape index (κ2) is 11.3. The lowest BCUT2D eigenvalue weighted by Crippen LogP contribution is -2.60. The average Bonchev–Trinajstić information content (AvgIpc) is 2.72. The van der Waals surface area contributed by atoms with Crippen LogP contribution >= 0.6 is 0 Å². The van der Waals surface area contributed by atoms with Gasteiger partial charge in [0, 0.05) is 6.08 Å². The Labute approximate surface area is 175 Å². The van der Waals surface area contributed by atoms with Gasteiger partial charge in [-0.1, -0.05) is 18.6 Å². The Kier molecular flexibility index (Phi) is 9.07. The van der Waals surface area contributed by atoms with Crippen LogP contribution in [0.5, 0.6) is 11.5 Å². The van der Waals surface area contributed by atoms with E-state index < -0.39 is 43.3 Å². The number of hydrogen-bond acceptors (Lipinski definition) is 9. The van der Waals surface area contributed by atoms with Gasteiger partial charge < -0.3 is 39.7 Å². The van der Waals surface area contributed by atoms with Gasteiger partial charge in [-0.15, -0.1) is 0 Å². The summed E-state index contributed by atoms with van der Waals surface area (Å²) in [5.74, 6) is -1.12. The Morgan fingerprint density at radius 3 is 2.57 bits per heavy atom. The van der Waals surface area contributed by atoms with Gasteiger partial charge in [-0.3, -0.25) is 0 Å². The van der Waals surface area contributed by atoms with Crippen molar-refractivity contribution >= 4 is 5.97 Å². The van der Waals surface area contributed by atoms with Crippen LogP contribution in [0.1, 0.15) is 32.3 Å². The third-order valence-electron chi connectivity index (χ3n) is 4.93. The number of aromatic hydroxyl groups is 2. The Balaban J connectivity index is 1.94. The molecular weight excluding hydrogens is 396 g/mol. The summed E-state index contributed by atoms with van der Waals surface area (Å²) in [6.45, 7) is 3.25. The van der Waals surface area contributed by atoms with E-state index in [9.17, 15) is 30.3 Å². The lowest BCUT2D eigenvalue weighted by atomic mass is 9.99. The van der Waals surface area contributed by atoms with Crippen LogP contribution in [0.2, 0.25) is 0 Å².